The predicted molar refractivity (Wildman–Crippen MR) is 164 cm³/mol. The van der Waals surface area contributed by atoms with Crippen molar-refractivity contribution in [2.24, 2.45) is 0 Å². The Morgan fingerprint density at radius 1 is 1.07 bits per heavy atom. The highest BCUT2D eigenvalue weighted by atomic mass is 16.5. The van der Waals surface area contributed by atoms with E-state index in [2.05, 4.69) is 10.5 Å². The van der Waals surface area contributed by atoms with Crippen molar-refractivity contribution in [1.29, 1.82) is 0 Å². The summed E-state index contributed by atoms with van der Waals surface area (Å²) in [5.74, 6) is 2.15. The smallest absolute Gasteiger partial charge is 0.240 e. The van der Waals surface area contributed by atoms with E-state index < -0.39 is 12.1 Å². The maximum Gasteiger partial charge on any atom is 0.240 e. The van der Waals surface area contributed by atoms with Crippen LogP contribution in [0, 0.1) is 13.8 Å². The lowest BCUT2D eigenvalue weighted by molar-refractivity contribution is -0.137. The van der Waals surface area contributed by atoms with Gasteiger partial charge in [0.05, 0.1) is 38.1 Å². The zero-order chi connectivity index (χ0) is 31.5. The summed E-state index contributed by atoms with van der Waals surface area (Å²) in [6.07, 6.45) is 2.96. The third-order valence-electron chi connectivity index (χ3n) is 8.80. The number of methoxy groups -OCH3 is 1. The minimum atomic E-state index is -0.430. The Bertz CT molecular complexity index is 1550. The van der Waals surface area contributed by atoms with Gasteiger partial charge in [-0.05, 0) is 74.9 Å². The van der Waals surface area contributed by atoms with Crippen LogP contribution in [-0.4, -0.2) is 77.6 Å². The third-order valence-corrected chi connectivity index (χ3v) is 8.80. The molecule has 0 radical (unpaired) electrons. The summed E-state index contributed by atoms with van der Waals surface area (Å²) in [6.45, 7) is 4.62. The first-order valence-corrected chi connectivity index (χ1v) is 15.6. The van der Waals surface area contributed by atoms with Gasteiger partial charge in [0.1, 0.15) is 11.5 Å². The van der Waals surface area contributed by atoms with Crippen molar-refractivity contribution in [1.82, 2.24) is 20.3 Å². The summed E-state index contributed by atoms with van der Waals surface area (Å²) in [5.41, 5.74) is 3.57. The lowest BCUT2D eigenvalue weighted by atomic mass is 10.1. The lowest BCUT2D eigenvalue weighted by Crippen LogP contribution is -2.49. The fourth-order valence-electron chi connectivity index (χ4n) is 6.12. The number of rotatable bonds is 5. The van der Waals surface area contributed by atoms with Gasteiger partial charge < -0.3 is 33.9 Å². The van der Waals surface area contributed by atoms with Gasteiger partial charge in [0, 0.05) is 37.5 Å². The normalized spacial score (nSPS) is 21.0. The number of benzene rings is 2. The van der Waals surface area contributed by atoms with Gasteiger partial charge in [-0.15, -0.1) is 0 Å². The number of nitrogens with zero attached hydrogens (tertiary/aromatic N) is 3. The molecule has 2 atom stereocenters. The molecule has 0 spiro atoms. The molecular weight excluding hydrogens is 576 g/mol. The second kappa shape index (κ2) is 13.3. The van der Waals surface area contributed by atoms with Gasteiger partial charge in [-0.3, -0.25) is 14.4 Å². The summed E-state index contributed by atoms with van der Waals surface area (Å²) in [4.78, 5) is 43.5. The lowest BCUT2D eigenvalue weighted by Gasteiger charge is -2.25. The molecule has 3 aliphatic heterocycles. The van der Waals surface area contributed by atoms with Crippen molar-refractivity contribution in [3.63, 3.8) is 0 Å². The average molecular weight is 617 g/mol. The van der Waals surface area contributed by atoms with E-state index in [0.29, 0.717) is 49.6 Å². The first kappa shape index (κ1) is 30.6. The number of hydrogen-bond acceptors (Lipinski definition) is 8. The minimum absolute atomic E-state index is 0.0230. The number of aryl methyl sites for hydroxylation is 3. The molecule has 7 rings (SSSR count). The van der Waals surface area contributed by atoms with E-state index in [1.54, 1.807) is 16.9 Å². The van der Waals surface area contributed by atoms with Crippen LogP contribution in [0.2, 0.25) is 0 Å². The highest BCUT2D eigenvalue weighted by Crippen LogP contribution is 2.34. The molecule has 11 heteroatoms. The van der Waals surface area contributed by atoms with Crippen LogP contribution in [0.3, 0.4) is 0 Å². The Labute approximate surface area is 262 Å². The van der Waals surface area contributed by atoms with Crippen LogP contribution in [-0.2, 0) is 38.6 Å². The maximum absolute atomic E-state index is 13.4. The zero-order valence-corrected chi connectivity index (χ0v) is 26.0. The van der Waals surface area contributed by atoms with E-state index in [4.69, 9.17) is 18.7 Å². The van der Waals surface area contributed by atoms with Crippen LogP contribution >= 0.6 is 0 Å². The van der Waals surface area contributed by atoms with Crippen LogP contribution < -0.4 is 14.8 Å². The van der Waals surface area contributed by atoms with Gasteiger partial charge in [0.2, 0.25) is 17.7 Å². The molecular formula is C34H40N4O7. The van der Waals surface area contributed by atoms with Crippen molar-refractivity contribution in [3.05, 3.63) is 70.6 Å². The van der Waals surface area contributed by atoms with Crippen molar-refractivity contribution < 1.29 is 33.1 Å². The second-order valence-electron chi connectivity index (χ2n) is 12.1. The van der Waals surface area contributed by atoms with E-state index in [0.717, 1.165) is 41.0 Å². The number of amides is 3. The van der Waals surface area contributed by atoms with E-state index >= 15 is 0 Å². The van der Waals surface area contributed by atoms with E-state index in [1.165, 1.54) is 0 Å². The van der Waals surface area contributed by atoms with Crippen molar-refractivity contribution in [2.45, 2.75) is 77.2 Å². The minimum Gasteiger partial charge on any atom is -0.493 e. The Balaban J connectivity index is 1.22. The zero-order valence-electron chi connectivity index (χ0n) is 26.0. The number of aromatic nitrogens is 1. The highest BCUT2D eigenvalue weighted by molar-refractivity contribution is 5.86. The summed E-state index contributed by atoms with van der Waals surface area (Å²) in [7, 11) is 1.59. The topological polar surface area (TPSA) is 123 Å². The molecule has 11 nitrogen and oxygen atoms in total. The van der Waals surface area contributed by atoms with E-state index in [-0.39, 0.29) is 43.3 Å². The van der Waals surface area contributed by atoms with Crippen LogP contribution in [0.15, 0.2) is 47.0 Å². The predicted octanol–water partition coefficient (Wildman–Crippen LogP) is 3.87. The summed E-state index contributed by atoms with van der Waals surface area (Å²) >= 11 is 0. The second-order valence-corrected chi connectivity index (χ2v) is 12.1. The highest BCUT2D eigenvalue weighted by Gasteiger charge is 2.39. The molecule has 1 N–H and O–H groups in total. The molecule has 3 amide bonds. The number of ether oxygens (including phenoxy) is 3. The summed E-state index contributed by atoms with van der Waals surface area (Å²) in [6, 6.07) is 12.9. The van der Waals surface area contributed by atoms with E-state index in [9.17, 15) is 14.4 Å². The van der Waals surface area contributed by atoms with Crippen molar-refractivity contribution >= 4 is 17.7 Å². The number of fused-ring (bicyclic) bond motifs is 9. The number of likely N-dealkylation sites (tertiary alicyclic amines) is 1. The molecule has 45 heavy (non-hydrogen) atoms. The Morgan fingerprint density at radius 2 is 1.91 bits per heavy atom. The Morgan fingerprint density at radius 3 is 2.67 bits per heavy atom. The van der Waals surface area contributed by atoms with Gasteiger partial charge >= 0.3 is 0 Å². The molecule has 4 aliphatic rings. The van der Waals surface area contributed by atoms with Gasteiger partial charge in [-0.1, -0.05) is 23.4 Å². The quantitative estimate of drug-likeness (QED) is 0.458. The molecule has 2 fully saturated rings. The van der Waals surface area contributed by atoms with E-state index in [1.807, 2.05) is 56.3 Å². The fraction of sp³-hybridized carbons (Fsp3) is 0.471. The summed E-state index contributed by atoms with van der Waals surface area (Å²) in [5, 5.41) is 7.09. The first-order chi connectivity index (χ1) is 21.8. The van der Waals surface area contributed by atoms with Crippen LogP contribution in [0.25, 0.3) is 0 Å². The molecule has 2 aromatic carbocycles. The van der Waals surface area contributed by atoms with Gasteiger partial charge in [-0.2, -0.15) is 0 Å². The number of carbonyl (C=O) groups is 3. The third kappa shape index (κ3) is 7.30. The Kier molecular flexibility index (Phi) is 9.07. The summed E-state index contributed by atoms with van der Waals surface area (Å²) < 4.78 is 23.4. The largest absolute Gasteiger partial charge is 0.493 e. The monoisotopic (exact) mass is 616 g/mol. The Hall–Kier alpha value is -4.38. The number of nitrogens with one attached hydrogen (secondary N) is 1. The molecule has 4 bridgehead atoms. The van der Waals surface area contributed by atoms with Gasteiger partial charge in [0.25, 0.3) is 0 Å². The van der Waals surface area contributed by atoms with Crippen molar-refractivity contribution in [2.75, 3.05) is 26.7 Å². The SMILES string of the molecule is COc1cc2ccc1Oc1cccc(c1)CO[C@H]1CN(C(=O)CCc3c(C)noc3C)C[C@@H]1NC(=O)CN(C1CC1)C(=O)CC2. The molecule has 3 aromatic rings. The maximum atomic E-state index is 13.4. The van der Waals surface area contributed by atoms with Crippen LogP contribution in [0.1, 0.15) is 53.8 Å². The van der Waals surface area contributed by atoms with Crippen LogP contribution in [0.5, 0.6) is 17.2 Å². The molecule has 4 heterocycles. The van der Waals surface area contributed by atoms with Crippen molar-refractivity contribution in [3.8, 4) is 17.2 Å². The fourth-order valence-corrected chi connectivity index (χ4v) is 6.12. The molecule has 1 aromatic heterocycles. The molecule has 0 unspecified atom stereocenters. The number of carbonyl (C=O) groups excluding carboxylic acids is 3. The average Bonchev–Trinajstić information content (AvgIpc) is 3.72. The van der Waals surface area contributed by atoms with Crippen LogP contribution in [0.4, 0.5) is 0 Å². The molecule has 238 valence electrons. The van der Waals surface area contributed by atoms with Gasteiger partial charge in [0.15, 0.2) is 11.5 Å². The standard InChI is InChI=1S/C34H40N4O7/c1-21-27(22(2)45-36-21)11-14-33(40)37-17-28-31(18-37)43-20-24-5-4-6-26(15-24)44-29-12-7-23(16-30(29)42-3)8-13-34(41)38(25-9-10-25)19-32(39)35-28/h4-7,12,15-16,25,28,31H,8-11,13-14,17-20H2,1-3H3,(H,35,39)/t28-,31-/m0/s1. The molecule has 1 aliphatic carbocycles. The molecule has 1 saturated carbocycles. The van der Waals surface area contributed by atoms with Gasteiger partial charge in [-0.25, -0.2) is 0 Å². The first-order valence-electron chi connectivity index (χ1n) is 15.6. The molecule has 1 saturated heterocycles. The number of hydrogen-bond donors (Lipinski definition) is 1.